The zero-order chi connectivity index (χ0) is 14.3. The average Bonchev–Trinajstić information content (AvgIpc) is 2.96. The fraction of sp³-hybridized carbons (Fsp3) is 0.667. The summed E-state index contributed by atoms with van der Waals surface area (Å²) in [4.78, 5) is 12.1. The Balaban J connectivity index is 1.55. The number of carbonyl (C=O) groups is 1. The first kappa shape index (κ1) is 15.1. The fourth-order valence-electron chi connectivity index (χ4n) is 2.41. The Morgan fingerprint density at radius 2 is 2.50 bits per heavy atom. The zero-order valence-electron chi connectivity index (χ0n) is 12.1. The SMILES string of the molecule is CC1(C(=O)NCCCOCc2ccco2)CCCNC1. The van der Waals surface area contributed by atoms with Crippen molar-refractivity contribution >= 4 is 5.91 Å². The third kappa shape index (κ3) is 4.35. The number of amides is 1. The van der Waals surface area contributed by atoms with Gasteiger partial charge in [0.05, 0.1) is 11.7 Å². The van der Waals surface area contributed by atoms with Crippen molar-refractivity contribution in [1.82, 2.24) is 10.6 Å². The molecule has 1 aromatic heterocycles. The number of piperidine rings is 1. The summed E-state index contributed by atoms with van der Waals surface area (Å²) in [6.45, 7) is 5.59. The van der Waals surface area contributed by atoms with E-state index in [0.717, 1.165) is 38.1 Å². The van der Waals surface area contributed by atoms with Crippen molar-refractivity contribution in [3.63, 3.8) is 0 Å². The summed E-state index contributed by atoms with van der Waals surface area (Å²) >= 11 is 0. The number of hydrogen-bond acceptors (Lipinski definition) is 4. The molecule has 0 saturated carbocycles. The molecule has 1 aliphatic rings. The van der Waals surface area contributed by atoms with Crippen molar-refractivity contribution in [2.45, 2.75) is 32.8 Å². The zero-order valence-corrected chi connectivity index (χ0v) is 12.1. The average molecular weight is 280 g/mol. The number of furan rings is 1. The van der Waals surface area contributed by atoms with Crippen LogP contribution >= 0.6 is 0 Å². The normalized spacial score (nSPS) is 22.6. The van der Waals surface area contributed by atoms with Gasteiger partial charge in [0.15, 0.2) is 0 Å². The summed E-state index contributed by atoms with van der Waals surface area (Å²) in [6.07, 6.45) is 4.48. The Bertz CT molecular complexity index is 397. The summed E-state index contributed by atoms with van der Waals surface area (Å²) in [5, 5.41) is 6.29. The monoisotopic (exact) mass is 280 g/mol. The van der Waals surface area contributed by atoms with E-state index in [1.165, 1.54) is 0 Å². The Morgan fingerprint density at radius 3 is 3.20 bits per heavy atom. The fourth-order valence-corrected chi connectivity index (χ4v) is 2.41. The largest absolute Gasteiger partial charge is 0.467 e. The lowest BCUT2D eigenvalue weighted by molar-refractivity contribution is -0.131. The van der Waals surface area contributed by atoms with Crippen molar-refractivity contribution in [1.29, 1.82) is 0 Å². The summed E-state index contributed by atoms with van der Waals surface area (Å²) in [5.74, 6) is 0.977. The van der Waals surface area contributed by atoms with Gasteiger partial charge >= 0.3 is 0 Å². The van der Waals surface area contributed by atoms with E-state index in [1.54, 1.807) is 6.26 Å². The summed E-state index contributed by atoms with van der Waals surface area (Å²) < 4.78 is 10.6. The number of ether oxygens (including phenoxy) is 1. The molecule has 1 saturated heterocycles. The van der Waals surface area contributed by atoms with Gasteiger partial charge in [-0.25, -0.2) is 0 Å². The van der Waals surface area contributed by atoms with Gasteiger partial charge in [-0.1, -0.05) is 0 Å². The molecule has 5 nitrogen and oxygen atoms in total. The molecule has 1 atom stereocenters. The molecule has 20 heavy (non-hydrogen) atoms. The van der Waals surface area contributed by atoms with Gasteiger partial charge < -0.3 is 19.8 Å². The molecule has 0 bridgehead atoms. The van der Waals surface area contributed by atoms with Crippen LogP contribution in [0.4, 0.5) is 0 Å². The highest BCUT2D eigenvalue weighted by Gasteiger charge is 2.34. The van der Waals surface area contributed by atoms with Crippen LogP contribution in [0.1, 0.15) is 31.9 Å². The molecular formula is C15H24N2O3. The van der Waals surface area contributed by atoms with Crippen molar-refractivity contribution in [3.8, 4) is 0 Å². The first-order valence-corrected chi connectivity index (χ1v) is 7.30. The van der Waals surface area contributed by atoms with Crippen LogP contribution in [0.25, 0.3) is 0 Å². The Morgan fingerprint density at radius 1 is 1.60 bits per heavy atom. The summed E-state index contributed by atoms with van der Waals surface area (Å²) in [6, 6.07) is 3.73. The topological polar surface area (TPSA) is 63.5 Å². The van der Waals surface area contributed by atoms with Crippen molar-refractivity contribution in [2.75, 3.05) is 26.2 Å². The molecule has 0 aliphatic carbocycles. The second-order valence-corrected chi connectivity index (χ2v) is 5.58. The standard InChI is InChI=1S/C15H24N2O3/c1-15(6-3-7-16-12-15)14(18)17-8-4-9-19-11-13-5-2-10-20-13/h2,5,10,16H,3-4,6-9,11-12H2,1H3,(H,17,18). The molecule has 5 heteroatoms. The minimum absolute atomic E-state index is 0.149. The van der Waals surface area contributed by atoms with E-state index in [-0.39, 0.29) is 11.3 Å². The molecule has 2 heterocycles. The molecule has 2 N–H and O–H groups in total. The minimum Gasteiger partial charge on any atom is -0.467 e. The lowest BCUT2D eigenvalue weighted by Gasteiger charge is -2.32. The Hall–Kier alpha value is -1.33. The third-order valence-electron chi connectivity index (χ3n) is 3.72. The van der Waals surface area contributed by atoms with Crippen LogP contribution in [-0.4, -0.2) is 32.1 Å². The van der Waals surface area contributed by atoms with Gasteiger partial charge in [-0.05, 0) is 44.9 Å². The molecule has 2 rings (SSSR count). The second kappa shape index (κ2) is 7.45. The molecule has 0 radical (unpaired) electrons. The predicted octanol–water partition coefficient (Wildman–Crippen LogP) is 1.69. The molecule has 1 aromatic rings. The molecule has 1 aliphatic heterocycles. The van der Waals surface area contributed by atoms with Gasteiger partial charge in [0.25, 0.3) is 0 Å². The predicted molar refractivity (Wildman–Crippen MR) is 76.2 cm³/mol. The van der Waals surface area contributed by atoms with Crippen molar-refractivity contribution in [2.24, 2.45) is 5.41 Å². The first-order chi connectivity index (χ1) is 9.71. The lowest BCUT2D eigenvalue weighted by Crippen LogP contribution is -2.48. The highest BCUT2D eigenvalue weighted by molar-refractivity contribution is 5.82. The maximum atomic E-state index is 12.1. The van der Waals surface area contributed by atoms with Gasteiger partial charge in [-0.15, -0.1) is 0 Å². The molecule has 0 aromatic carbocycles. The Labute approximate surface area is 120 Å². The van der Waals surface area contributed by atoms with Crippen LogP contribution in [0.15, 0.2) is 22.8 Å². The maximum absolute atomic E-state index is 12.1. The van der Waals surface area contributed by atoms with Crippen LogP contribution in [0.3, 0.4) is 0 Å². The van der Waals surface area contributed by atoms with Gasteiger partial charge in [0.1, 0.15) is 12.4 Å². The highest BCUT2D eigenvalue weighted by Crippen LogP contribution is 2.25. The van der Waals surface area contributed by atoms with Crippen molar-refractivity contribution in [3.05, 3.63) is 24.2 Å². The van der Waals surface area contributed by atoms with E-state index in [1.807, 2.05) is 19.1 Å². The van der Waals surface area contributed by atoms with Gasteiger partial charge in [0, 0.05) is 19.7 Å². The number of carbonyl (C=O) groups excluding carboxylic acids is 1. The maximum Gasteiger partial charge on any atom is 0.227 e. The molecule has 1 fully saturated rings. The molecule has 1 amide bonds. The van der Waals surface area contributed by atoms with Gasteiger partial charge in [-0.3, -0.25) is 4.79 Å². The smallest absolute Gasteiger partial charge is 0.227 e. The number of hydrogen-bond donors (Lipinski definition) is 2. The van der Waals surface area contributed by atoms with Gasteiger partial charge in [0.2, 0.25) is 5.91 Å². The molecular weight excluding hydrogens is 256 g/mol. The van der Waals surface area contributed by atoms with E-state index < -0.39 is 0 Å². The minimum atomic E-state index is -0.257. The first-order valence-electron chi connectivity index (χ1n) is 7.30. The second-order valence-electron chi connectivity index (χ2n) is 5.58. The van der Waals surface area contributed by atoms with Crippen LogP contribution in [0, 0.1) is 5.41 Å². The number of rotatable bonds is 7. The van der Waals surface area contributed by atoms with Crippen molar-refractivity contribution < 1.29 is 13.9 Å². The van der Waals surface area contributed by atoms with Crippen LogP contribution in [0.2, 0.25) is 0 Å². The Kier molecular flexibility index (Phi) is 5.61. The van der Waals surface area contributed by atoms with Gasteiger partial charge in [-0.2, -0.15) is 0 Å². The lowest BCUT2D eigenvalue weighted by atomic mass is 9.82. The van der Waals surface area contributed by atoms with Crippen LogP contribution < -0.4 is 10.6 Å². The van der Waals surface area contributed by atoms with E-state index in [9.17, 15) is 4.79 Å². The number of nitrogens with one attached hydrogen (secondary N) is 2. The molecule has 1 unspecified atom stereocenters. The van der Waals surface area contributed by atoms with Crippen LogP contribution in [-0.2, 0) is 16.1 Å². The summed E-state index contributed by atoms with van der Waals surface area (Å²) in [7, 11) is 0. The van der Waals surface area contributed by atoms with E-state index in [2.05, 4.69) is 10.6 Å². The van der Waals surface area contributed by atoms with E-state index in [0.29, 0.717) is 19.8 Å². The van der Waals surface area contributed by atoms with Crippen LogP contribution in [0.5, 0.6) is 0 Å². The molecule has 112 valence electrons. The third-order valence-corrected chi connectivity index (χ3v) is 3.72. The quantitative estimate of drug-likeness (QED) is 0.746. The van der Waals surface area contributed by atoms with E-state index in [4.69, 9.17) is 9.15 Å². The highest BCUT2D eigenvalue weighted by atomic mass is 16.5. The summed E-state index contributed by atoms with van der Waals surface area (Å²) in [5.41, 5.74) is -0.257. The molecule has 0 spiro atoms. The van der Waals surface area contributed by atoms with E-state index >= 15 is 0 Å².